The molecular weight excluding hydrogens is 967 g/mol. The average molecular weight is 1080 g/mol. The molecule has 2 aliphatic rings. The lowest BCUT2D eigenvalue weighted by Gasteiger charge is -2.46. The highest BCUT2D eigenvalue weighted by Crippen LogP contribution is 2.30. The number of rotatable bonds is 51. The maximum Gasteiger partial charge on any atom is 0.220 e. The van der Waals surface area contributed by atoms with Crippen molar-refractivity contribution in [2.75, 3.05) is 19.8 Å². The maximum absolute atomic E-state index is 13.2. The predicted octanol–water partition coefficient (Wildman–Crippen LogP) is 11.2. The number of nitrogens with one attached hydrogen (secondary N) is 1. The van der Waals surface area contributed by atoms with Gasteiger partial charge in [0.15, 0.2) is 12.6 Å². The van der Waals surface area contributed by atoms with Gasteiger partial charge in [0.2, 0.25) is 5.91 Å². The summed E-state index contributed by atoms with van der Waals surface area (Å²) >= 11 is 0. The maximum atomic E-state index is 13.2. The van der Waals surface area contributed by atoms with Gasteiger partial charge in [-0.2, -0.15) is 0 Å². The molecule has 0 radical (unpaired) electrons. The molecule has 14 heteroatoms. The first kappa shape index (κ1) is 70.6. The Labute approximate surface area is 462 Å². The zero-order valence-corrected chi connectivity index (χ0v) is 48.3. The van der Waals surface area contributed by atoms with Crippen molar-refractivity contribution < 1.29 is 64.6 Å². The average Bonchev–Trinajstić information content (AvgIpc) is 3.42. The summed E-state index contributed by atoms with van der Waals surface area (Å²) < 4.78 is 22.7. The van der Waals surface area contributed by atoms with Crippen LogP contribution in [0.5, 0.6) is 0 Å². The summed E-state index contributed by atoms with van der Waals surface area (Å²) in [6, 6.07) is -0.927. The van der Waals surface area contributed by atoms with Crippen LogP contribution in [0.15, 0.2) is 24.3 Å². The predicted molar refractivity (Wildman–Crippen MR) is 305 cm³/mol. The van der Waals surface area contributed by atoms with E-state index in [1.165, 1.54) is 205 Å². The molecule has 12 unspecified atom stereocenters. The van der Waals surface area contributed by atoms with E-state index in [0.29, 0.717) is 12.8 Å². The van der Waals surface area contributed by atoms with Crippen LogP contribution < -0.4 is 5.32 Å². The summed E-state index contributed by atoms with van der Waals surface area (Å²) in [4.78, 5) is 13.2. The van der Waals surface area contributed by atoms with Crippen LogP contribution in [-0.2, 0) is 23.7 Å². The number of carbonyl (C=O) groups is 1. The highest BCUT2D eigenvalue weighted by molar-refractivity contribution is 5.76. The normalized spacial score (nSPS) is 25.0. The van der Waals surface area contributed by atoms with Crippen molar-refractivity contribution in [1.82, 2.24) is 5.32 Å². The molecule has 0 aromatic carbocycles. The number of hydrogen-bond donors (Lipinski definition) is 9. The van der Waals surface area contributed by atoms with E-state index >= 15 is 0 Å². The summed E-state index contributed by atoms with van der Waals surface area (Å²) in [5, 5.41) is 87.0. The molecule has 0 aromatic rings. The molecule has 2 saturated heterocycles. The van der Waals surface area contributed by atoms with Crippen LogP contribution in [0.25, 0.3) is 0 Å². The summed E-state index contributed by atoms with van der Waals surface area (Å²) in [6.07, 6.45) is 41.0. The monoisotopic (exact) mass is 1080 g/mol. The second-order valence-electron chi connectivity index (χ2n) is 22.5. The topological polar surface area (TPSA) is 228 Å². The Morgan fingerprint density at radius 2 is 0.842 bits per heavy atom. The Morgan fingerprint density at radius 1 is 0.461 bits per heavy atom. The van der Waals surface area contributed by atoms with E-state index in [0.717, 1.165) is 32.1 Å². The van der Waals surface area contributed by atoms with Crippen molar-refractivity contribution in [2.24, 2.45) is 0 Å². The van der Waals surface area contributed by atoms with Crippen molar-refractivity contribution in [1.29, 1.82) is 0 Å². The lowest BCUT2D eigenvalue weighted by Crippen LogP contribution is -2.65. The first-order valence-electron chi connectivity index (χ1n) is 31.6. The first-order valence-corrected chi connectivity index (χ1v) is 31.6. The number of aliphatic hydroxyl groups is 8. The molecule has 9 N–H and O–H groups in total. The highest BCUT2D eigenvalue weighted by Gasteiger charge is 2.51. The number of hydrogen-bond acceptors (Lipinski definition) is 13. The number of aliphatic hydroxyl groups excluding tert-OH is 8. The van der Waals surface area contributed by atoms with Crippen molar-refractivity contribution in [3.8, 4) is 0 Å². The van der Waals surface area contributed by atoms with Gasteiger partial charge in [-0.15, -0.1) is 0 Å². The Kier molecular flexibility index (Phi) is 44.8. The minimum Gasteiger partial charge on any atom is -0.394 e. The summed E-state index contributed by atoms with van der Waals surface area (Å²) in [6.45, 7) is 2.79. The van der Waals surface area contributed by atoms with Crippen molar-refractivity contribution in [3.05, 3.63) is 24.3 Å². The van der Waals surface area contributed by atoms with Gasteiger partial charge in [0, 0.05) is 6.42 Å². The Balaban J connectivity index is 1.66. The quantitative estimate of drug-likeness (QED) is 0.0204. The van der Waals surface area contributed by atoms with Crippen molar-refractivity contribution >= 4 is 5.91 Å². The fourth-order valence-corrected chi connectivity index (χ4v) is 10.5. The van der Waals surface area contributed by atoms with Crippen molar-refractivity contribution in [3.63, 3.8) is 0 Å². The molecule has 0 aromatic heterocycles. The van der Waals surface area contributed by atoms with Gasteiger partial charge < -0.3 is 65.1 Å². The SMILES string of the molecule is CCCCCCCCC/C=C/CC/C=C/C(O)C(COC1OC(CO)C(OC2OC(CO)C(O)C(O)C2O)C(O)C1O)NC(=O)CCCCCCCCCCCCCCCCCCCCCCCCCCCCCCC. The van der Waals surface area contributed by atoms with Gasteiger partial charge in [-0.05, 0) is 32.1 Å². The fourth-order valence-electron chi connectivity index (χ4n) is 10.5. The van der Waals surface area contributed by atoms with E-state index in [4.69, 9.17) is 18.9 Å². The zero-order chi connectivity index (χ0) is 55.3. The van der Waals surface area contributed by atoms with Gasteiger partial charge in [-0.25, -0.2) is 0 Å². The number of allylic oxidation sites excluding steroid dienone is 3. The third kappa shape index (κ3) is 33.3. The fraction of sp³-hybridized carbons (Fsp3) is 0.919. The van der Waals surface area contributed by atoms with Crippen LogP contribution in [0, 0.1) is 0 Å². The van der Waals surface area contributed by atoms with Gasteiger partial charge >= 0.3 is 0 Å². The third-order valence-electron chi connectivity index (χ3n) is 15.6. The molecule has 0 bridgehead atoms. The Morgan fingerprint density at radius 3 is 1.29 bits per heavy atom. The number of carbonyl (C=O) groups excluding carboxylic acids is 1. The largest absolute Gasteiger partial charge is 0.394 e. The van der Waals surface area contributed by atoms with Crippen LogP contribution in [-0.4, -0.2) is 140 Å². The second kappa shape index (κ2) is 48.2. The Hall–Kier alpha value is -1.53. The standard InChI is InChI=1S/C62H117NO13/c1-3-5-7-9-11-13-15-17-18-19-20-21-22-23-24-25-26-27-28-29-30-31-32-34-36-38-40-42-44-46-54(67)63-50(51(66)45-43-41-39-37-35-33-16-14-12-10-8-6-4-2)49-73-61-59(72)57(70)60(53(48-65)75-61)76-62-58(71)56(69)55(68)52(47-64)74-62/h35,37,43,45,50-53,55-62,64-66,68-72H,3-34,36,38-42,44,46-49H2,1-2H3,(H,63,67)/b37-35+,45-43+. The molecular formula is C62H117NO13. The molecule has 0 spiro atoms. The second-order valence-corrected chi connectivity index (χ2v) is 22.5. The van der Waals surface area contributed by atoms with E-state index < -0.39 is 86.8 Å². The van der Waals surface area contributed by atoms with Crippen LogP contribution in [0.3, 0.4) is 0 Å². The molecule has 2 rings (SSSR count). The van der Waals surface area contributed by atoms with Crippen LogP contribution in [0.4, 0.5) is 0 Å². The summed E-state index contributed by atoms with van der Waals surface area (Å²) in [7, 11) is 0. The molecule has 0 saturated carbocycles. The van der Waals surface area contributed by atoms with Gasteiger partial charge in [0.25, 0.3) is 0 Å². The van der Waals surface area contributed by atoms with E-state index in [1.807, 2.05) is 6.08 Å². The molecule has 76 heavy (non-hydrogen) atoms. The number of ether oxygens (including phenoxy) is 4. The number of amides is 1. The molecule has 14 nitrogen and oxygen atoms in total. The van der Waals surface area contributed by atoms with Crippen LogP contribution in [0.2, 0.25) is 0 Å². The number of unbranched alkanes of at least 4 members (excludes halogenated alkanes) is 36. The van der Waals surface area contributed by atoms with E-state index in [2.05, 4.69) is 31.3 Å². The zero-order valence-electron chi connectivity index (χ0n) is 48.3. The van der Waals surface area contributed by atoms with Gasteiger partial charge in [-0.1, -0.05) is 256 Å². The lowest BCUT2D eigenvalue weighted by atomic mass is 9.97. The first-order chi connectivity index (χ1) is 37.1. The smallest absolute Gasteiger partial charge is 0.220 e. The molecule has 2 aliphatic heterocycles. The molecule has 0 aliphatic carbocycles. The Bertz CT molecular complexity index is 1370. The van der Waals surface area contributed by atoms with Crippen LogP contribution in [0.1, 0.15) is 271 Å². The summed E-state index contributed by atoms with van der Waals surface area (Å²) in [5.74, 6) is -0.245. The van der Waals surface area contributed by atoms with Crippen LogP contribution >= 0.6 is 0 Å². The molecule has 448 valence electrons. The minimum absolute atomic E-state index is 0.245. The molecule has 1 amide bonds. The third-order valence-corrected chi connectivity index (χ3v) is 15.6. The van der Waals surface area contributed by atoms with Gasteiger partial charge in [0.05, 0.1) is 32.0 Å². The minimum atomic E-state index is -1.79. The lowest BCUT2D eigenvalue weighted by molar-refractivity contribution is -0.359. The molecule has 2 heterocycles. The van der Waals surface area contributed by atoms with E-state index in [-0.39, 0.29) is 18.9 Å². The van der Waals surface area contributed by atoms with Crippen molar-refractivity contribution in [2.45, 2.75) is 344 Å². The van der Waals surface area contributed by atoms with Gasteiger partial charge in [0.1, 0.15) is 48.8 Å². The molecule has 12 atom stereocenters. The highest BCUT2D eigenvalue weighted by atomic mass is 16.7. The van der Waals surface area contributed by atoms with E-state index in [9.17, 15) is 45.6 Å². The van der Waals surface area contributed by atoms with E-state index in [1.54, 1.807) is 6.08 Å². The molecule has 2 fully saturated rings. The summed E-state index contributed by atoms with van der Waals surface area (Å²) in [5.41, 5.74) is 0. The van der Waals surface area contributed by atoms with Gasteiger partial charge in [-0.3, -0.25) is 4.79 Å².